The summed E-state index contributed by atoms with van der Waals surface area (Å²) in [6.45, 7) is 7.83. The molecule has 2 aromatic carbocycles. The second kappa shape index (κ2) is 13.2. The lowest BCUT2D eigenvalue weighted by molar-refractivity contribution is -0.252. The van der Waals surface area contributed by atoms with Crippen LogP contribution in [0.5, 0.6) is 17.2 Å². The molecule has 52 heavy (non-hydrogen) atoms. The van der Waals surface area contributed by atoms with Crippen LogP contribution in [-0.2, 0) is 30.2 Å². The van der Waals surface area contributed by atoms with Crippen molar-refractivity contribution in [3.8, 4) is 17.2 Å². The van der Waals surface area contributed by atoms with Crippen LogP contribution in [0.15, 0.2) is 18.2 Å². The highest BCUT2D eigenvalue weighted by Gasteiger charge is 2.52. The van der Waals surface area contributed by atoms with Gasteiger partial charge in [0, 0.05) is 53.1 Å². The summed E-state index contributed by atoms with van der Waals surface area (Å²) in [6, 6.07) is 3.57. The van der Waals surface area contributed by atoms with Crippen molar-refractivity contribution >= 4 is 23.3 Å². The molecule has 2 aromatic rings. The number of aromatic hydroxyl groups is 2. The molecule has 2 fully saturated rings. The molecule has 6 rings (SSSR count). The lowest BCUT2D eigenvalue weighted by atomic mass is 9.72. The molecule has 0 aromatic heterocycles. The number of piperidine rings is 1. The quantitative estimate of drug-likeness (QED) is 0.151. The number of rotatable bonds is 7. The molecule has 0 amide bonds. The lowest BCUT2D eigenvalue weighted by Gasteiger charge is -2.50. The van der Waals surface area contributed by atoms with Gasteiger partial charge in [-0.05, 0) is 53.5 Å². The van der Waals surface area contributed by atoms with E-state index in [-0.39, 0.29) is 47.3 Å². The number of ether oxygens (including phenoxy) is 4. The van der Waals surface area contributed by atoms with Crippen LogP contribution in [0.25, 0.3) is 0 Å². The van der Waals surface area contributed by atoms with Crippen LogP contribution in [0.2, 0.25) is 0 Å². The van der Waals surface area contributed by atoms with Crippen molar-refractivity contribution in [3.63, 3.8) is 0 Å². The number of hydrogen-bond donors (Lipinski definition) is 6. The number of carbonyl (C=O) groups excluding carboxylic acids is 4. The smallest absolute Gasteiger partial charge is 0.309 e. The summed E-state index contributed by atoms with van der Waals surface area (Å²) in [5.74, 6) is -5.26. The Morgan fingerprint density at radius 1 is 1.00 bits per heavy atom. The number of hydrogen-bond acceptors (Lipinski definition) is 15. The zero-order chi connectivity index (χ0) is 38.2. The molecule has 2 aliphatic heterocycles. The first-order chi connectivity index (χ1) is 24.2. The second-order valence-electron chi connectivity index (χ2n) is 15.7. The molecule has 15 nitrogen and oxygen atoms in total. The van der Waals surface area contributed by atoms with Crippen molar-refractivity contribution in [3.05, 3.63) is 51.6 Å². The molecule has 6 atom stereocenters. The molecule has 2 saturated heterocycles. The maximum Gasteiger partial charge on any atom is 0.309 e. The molecule has 0 saturated carbocycles. The van der Waals surface area contributed by atoms with E-state index in [0.717, 1.165) is 0 Å². The van der Waals surface area contributed by atoms with E-state index >= 15 is 0 Å². The Labute approximate surface area is 300 Å². The number of aliphatic hydroxyl groups is 2. The molecule has 0 radical (unpaired) electrons. The fourth-order valence-electron chi connectivity index (χ4n) is 8.43. The molecule has 1 unspecified atom stereocenters. The molecule has 7 N–H and O–H groups in total. The molecule has 0 spiro atoms. The summed E-state index contributed by atoms with van der Waals surface area (Å²) in [7, 11) is 1.32. The number of nitrogens with zero attached hydrogens (tertiary/aromatic N) is 1. The van der Waals surface area contributed by atoms with Gasteiger partial charge in [0.25, 0.3) is 0 Å². The number of aliphatic hydroxyl groups excluding tert-OH is 1. The Kier molecular flexibility index (Phi) is 9.56. The monoisotopic (exact) mass is 726 g/mol. The molecule has 4 aliphatic rings. The molecular formula is C37H46N2O13. The van der Waals surface area contributed by atoms with E-state index in [1.807, 2.05) is 0 Å². The molecular weight excluding hydrogens is 680 g/mol. The maximum absolute atomic E-state index is 13.9. The highest BCUT2D eigenvalue weighted by Crippen LogP contribution is 2.52. The standard InChI is InChI=1S/C37H46N2O13/c1-16-29(41)20(38)10-24(51-16)52-22-14-37(47,23(40)15-50-34(46)17-11-35(2,3)39(48)36(4,5)12-17)13-19-26(22)33(45)28-27(31(19)43)30(42)18-8-7-9-21(49-6)25(18)32(28)44/h7-9,16-17,20,22,24,29,41,43,45,47-48H,10-15,38H2,1-6H3/t16-,20-,22-,24?,29+,37-/m0/s1. The summed E-state index contributed by atoms with van der Waals surface area (Å²) in [6.07, 6.45) is -5.08. The first-order valence-corrected chi connectivity index (χ1v) is 17.3. The van der Waals surface area contributed by atoms with Gasteiger partial charge in [0.15, 0.2) is 18.7 Å². The topological polar surface area (TPSA) is 236 Å². The van der Waals surface area contributed by atoms with Gasteiger partial charge >= 0.3 is 5.97 Å². The van der Waals surface area contributed by atoms with Gasteiger partial charge in [0.2, 0.25) is 11.6 Å². The van der Waals surface area contributed by atoms with Crippen LogP contribution in [-0.4, -0.2) is 109 Å². The van der Waals surface area contributed by atoms with Gasteiger partial charge in [-0.1, -0.05) is 12.1 Å². The molecule has 2 aliphatic carbocycles. The number of phenolic OH excluding ortho intramolecular Hbond substituents is 2. The van der Waals surface area contributed by atoms with E-state index < -0.39 is 119 Å². The number of phenols is 2. The lowest BCUT2D eigenvalue weighted by Crippen LogP contribution is -2.60. The summed E-state index contributed by atoms with van der Waals surface area (Å²) in [5.41, 5.74) is 0.624. The summed E-state index contributed by atoms with van der Waals surface area (Å²) in [4.78, 5) is 54.9. The summed E-state index contributed by atoms with van der Waals surface area (Å²) < 4.78 is 22.8. The predicted molar refractivity (Wildman–Crippen MR) is 180 cm³/mol. The highest BCUT2D eigenvalue weighted by atomic mass is 16.7. The van der Waals surface area contributed by atoms with Gasteiger partial charge in [-0.3, -0.25) is 19.2 Å². The van der Waals surface area contributed by atoms with Crippen LogP contribution in [0, 0.1) is 5.92 Å². The third-order valence-corrected chi connectivity index (χ3v) is 11.0. The van der Waals surface area contributed by atoms with Crippen molar-refractivity contribution in [2.45, 2.75) is 114 Å². The fraction of sp³-hybridized carbons (Fsp3) is 0.568. The number of methoxy groups -OCH3 is 1. The Morgan fingerprint density at radius 2 is 1.63 bits per heavy atom. The number of esters is 1. The third kappa shape index (κ3) is 6.17. The van der Waals surface area contributed by atoms with E-state index in [4.69, 9.17) is 24.7 Å². The minimum Gasteiger partial charge on any atom is -0.507 e. The van der Waals surface area contributed by atoms with Gasteiger partial charge in [-0.15, -0.1) is 0 Å². The van der Waals surface area contributed by atoms with Crippen molar-refractivity contribution in [1.29, 1.82) is 0 Å². The predicted octanol–water partition coefficient (Wildman–Crippen LogP) is 2.21. The van der Waals surface area contributed by atoms with Crippen molar-refractivity contribution in [1.82, 2.24) is 5.06 Å². The zero-order valence-corrected chi connectivity index (χ0v) is 30.0. The minimum absolute atomic E-state index is 0.0274. The number of carbonyl (C=O) groups is 4. The number of fused-ring (bicyclic) bond motifs is 3. The van der Waals surface area contributed by atoms with Crippen LogP contribution in [0.1, 0.15) is 109 Å². The normalized spacial score (nSPS) is 29.8. The van der Waals surface area contributed by atoms with Crippen molar-refractivity contribution in [2.24, 2.45) is 11.7 Å². The van der Waals surface area contributed by atoms with E-state index in [1.165, 1.54) is 30.4 Å². The van der Waals surface area contributed by atoms with Crippen molar-refractivity contribution in [2.75, 3.05) is 13.7 Å². The first-order valence-electron chi connectivity index (χ1n) is 17.3. The highest BCUT2D eigenvalue weighted by molar-refractivity contribution is 6.31. The van der Waals surface area contributed by atoms with Gasteiger partial charge in [-0.25, -0.2) is 0 Å². The van der Waals surface area contributed by atoms with Crippen LogP contribution >= 0.6 is 0 Å². The van der Waals surface area contributed by atoms with Gasteiger partial charge in [0.1, 0.15) is 22.8 Å². The van der Waals surface area contributed by atoms with E-state index in [0.29, 0.717) is 0 Å². The number of benzene rings is 2. The maximum atomic E-state index is 13.9. The van der Waals surface area contributed by atoms with Gasteiger partial charge < -0.3 is 50.3 Å². The number of Topliss-reactive ketones (excluding diaryl/α,β-unsaturated/α-hetero) is 1. The van der Waals surface area contributed by atoms with Gasteiger partial charge in [0.05, 0.1) is 48.0 Å². The average Bonchev–Trinajstić information content (AvgIpc) is 3.07. The number of nitrogens with two attached hydrogens (primary N) is 1. The first kappa shape index (κ1) is 37.8. The molecule has 15 heteroatoms. The molecule has 282 valence electrons. The van der Waals surface area contributed by atoms with Crippen molar-refractivity contribution < 1.29 is 63.8 Å². The Bertz CT molecular complexity index is 1810. The fourth-order valence-corrected chi connectivity index (χ4v) is 8.43. The van der Waals surface area contributed by atoms with Crippen LogP contribution in [0.3, 0.4) is 0 Å². The molecule has 2 heterocycles. The number of ketones is 3. The van der Waals surface area contributed by atoms with Crippen LogP contribution < -0.4 is 10.5 Å². The molecule has 0 bridgehead atoms. The Morgan fingerprint density at radius 3 is 2.25 bits per heavy atom. The second-order valence-corrected chi connectivity index (χ2v) is 15.7. The minimum atomic E-state index is -2.37. The Balaban J connectivity index is 1.36. The van der Waals surface area contributed by atoms with E-state index in [1.54, 1.807) is 34.6 Å². The SMILES string of the molecule is COc1cccc2c1C(=O)c1c(O)c3c(c(O)c1C2=O)C[C@@](O)(C(=O)COC(=O)C1CC(C)(C)N(O)C(C)(C)C1)C[C@@H]3OC1C[C@H](N)[C@H](O)[C@H](C)O1. The largest absolute Gasteiger partial charge is 0.507 e. The Hall–Kier alpha value is -3.96. The van der Waals surface area contributed by atoms with E-state index in [9.17, 15) is 44.8 Å². The van der Waals surface area contributed by atoms with E-state index in [2.05, 4.69) is 0 Å². The van der Waals surface area contributed by atoms with Gasteiger partial charge in [-0.2, -0.15) is 5.06 Å². The zero-order valence-electron chi connectivity index (χ0n) is 30.0. The number of hydroxylamine groups is 2. The summed E-state index contributed by atoms with van der Waals surface area (Å²) in [5, 5.41) is 57.7. The average molecular weight is 727 g/mol. The summed E-state index contributed by atoms with van der Waals surface area (Å²) >= 11 is 0. The van der Waals surface area contributed by atoms with Crippen LogP contribution in [0.4, 0.5) is 0 Å². The third-order valence-electron chi connectivity index (χ3n) is 11.0.